The molecule has 0 N–H and O–H groups in total. The Labute approximate surface area is 115 Å². The minimum absolute atomic E-state index is 0.798. The summed E-state index contributed by atoms with van der Waals surface area (Å²) in [7, 11) is 0. The molecule has 0 aliphatic rings. The molecule has 0 saturated carbocycles. The van der Waals surface area contributed by atoms with E-state index in [1.54, 1.807) is 0 Å². The average molecular weight is 412 g/mol. The Morgan fingerprint density at radius 3 is 2.88 bits per heavy atom. The van der Waals surface area contributed by atoms with Gasteiger partial charge in [-0.25, -0.2) is 0 Å². The van der Waals surface area contributed by atoms with Crippen LogP contribution in [-0.2, 0) is 30.8 Å². The van der Waals surface area contributed by atoms with E-state index in [1.165, 1.54) is 17.5 Å². The number of nitrogens with zero attached hydrogens (tertiary/aromatic N) is 1. The normalized spacial score (nSPS) is 11.0. The van der Waals surface area contributed by atoms with Crippen molar-refractivity contribution in [2.24, 2.45) is 3.50 Å². The predicted molar refractivity (Wildman–Crippen MR) is 67.3 cm³/mol. The molecule has 0 heterocycles. The molecule has 0 bridgehead atoms. The molecular formula is C14H19NOPt. The van der Waals surface area contributed by atoms with Gasteiger partial charge in [0.25, 0.3) is 0 Å². The summed E-state index contributed by atoms with van der Waals surface area (Å²) in [4.78, 5) is 0. The molecule has 1 aromatic carbocycles. The van der Waals surface area contributed by atoms with E-state index in [9.17, 15) is 0 Å². The summed E-state index contributed by atoms with van der Waals surface area (Å²) in [6.45, 7) is 3.85. The molecule has 0 fully saturated rings. The number of unbranched alkanes of at least 4 members (excludes halogenated alkanes) is 1. The molecule has 0 aromatic heterocycles. The van der Waals surface area contributed by atoms with Crippen LogP contribution in [-0.4, -0.2) is 13.2 Å². The third-order valence-electron chi connectivity index (χ3n) is 2.51. The number of ether oxygens (including phenoxy) is 1. The van der Waals surface area contributed by atoms with Crippen molar-refractivity contribution < 1.29 is 24.4 Å². The molecule has 17 heavy (non-hydrogen) atoms. The minimum atomic E-state index is 0.798. The van der Waals surface area contributed by atoms with Crippen molar-refractivity contribution in [3.05, 3.63) is 41.6 Å². The fraction of sp³-hybridized carbons (Fsp3) is 0.429. The fourth-order valence-electron chi connectivity index (χ4n) is 1.56. The third-order valence-corrected chi connectivity index (χ3v) is 2.85. The molecule has 0 aliphatic carbocycles. The summed E-state index contributed by atoms with van der Waals surface area (Å²) in [5.41, 5.74) is 2.55. The summed E-state index contributed by atoms with van der Waals surface area (Å²) in [6, 6.07) is 8.38. The van der Waals surface area contributed by atoms with Gasteiger partial charge in [-0.15, -0.1) is 0 Å². The van der Waals surface area contributed by atoms with Gasteiger partial charge in [0.15, 0.2) is 0 Å². The molecule has 0 aliphatic heterocycles. The quantitative estimate of drug-likeness (QED) is 0.596. The van der Waals surface area contributed by atoms with Gasteiger partial charge in [-0.2, -0.15) is 0 Å². The Morgan fingerprint density at radius 1 is 1.29 bits per heavy atom. The first kappa shape index (κ1) is 14.5. The standard InChI is InChI=1S/C14H19NO.Pt/c1-2-3-11-16-12-9-14-7-5-4-6-13(14)8-10-15;/h4-8,10H,2-3,9,11-12H2,1H3;/b10-8+;. The maximum atomic E-state index is 5.59. The van der Waals surface area contributed by atoms with Crippen molar-refractivity contribution in [3.63, 3.8) is 0 Å². The predicted octanol–water partition coefficient (Wildman–Crippen LogP) is 3.75. The van der Waals surface area contributed by atoms with E-state index in [0.29, 0.717) is 0 Å². The molecule has 2 nitrogen and oxygen atoms in total. The second-order valence-corrected chi connectivity index (χ2v) is 4.40. The number of hydrogen-bond donors (Lipinski definition) is 0. The van der Waals surface area contributed by atoms with Gasteiger partial charge in [0.05, 0.1) is 0 Å². The summed E-state index contributed by atoms with van der Waals surface area (Å²) in [6.07, 6.45) is 7.16. The Kier molecular flexibility index (Phi) is 8.03. The van der Waals surface area contributed by atoms with Crippen molar-refractivity contribution in [2.45, 2.75) is 26.2 Å². The van der Waals surface area contributed by atoms with Crippen LogP contribution in [0.4, 0.5) is 0 Å². The van der Waals surface area contributed by atoms with Crippen molar-refractivity contribution in [3.8, 4) is 0 Å². The molecule has 0 amide bonds. The Balaban J connectivity index is 2.46. The second kappa shape index (κ2) is 9.44. The van der Waals surface area contributed by atoms with Gasteiger partial charge < -0.3 is 0 Å². The molecule has 0 atom stereocenters. The zero-order valence-corrected chi connectivity index (χ0v) is 12.4. The van der Waals surface area contributed by atoms with Gasteiger partial charge in [0.1, 0.15) is 0 Å². The number of rotatable bonds is 8. The summed E-state index contributed by atoms with van der Waals surface area (Å²) >= 11 is 1.97. The van der Waals surface area contributed by atoms with Gasteiger partial charge in [0, 0.05) is 0 Å². The Bertz CT molecular complexity index is 363. The molecular weight excluding hydrogens is 393 g/mol. The van der Waals surface area contributed by atoms with Crippen molar-refractivity contribution in [1.82, 2.24) is 0 Å². The van der Waals surface area contributed by atoms with Gasteiger partial charge in [-0.05, 0) is 0 Å². The van der Waals surface area contributed by atoms with Crippen LogP contribution in [0.5, 0.6) is 0 Å². The van der Waals surface area contributed by atoms with Crippen LogP contribution >= 0.6 is 0 Å². The molecule has 1 aromatic rings. The molecule has 0 radical (unpaired) electrons. The molecule has 3 heteroatoms. The molecule has 1 rings (SSSR count). The van der Waals surface area contributed by atoms with E-state index in [-0.39, 0.29) is 0 Å². The first-order valence-corrected chi connectivity index (χ1v) is 7.00. The van der Waals surface area contributed by atoms with Gasteiger partial charge in [-0.1, -0.05) is 0 Å². The van der Waals surface area contributed by atoms with Crippen LogP contribution in [0.3, 0.4) is 0 Å². The molecule has 0 saturated heterocycles. The van der Waals surface area contributed by atoms with Crippen molar-refractivity contribution in [2.75, 3.05) is 13.2 Å². The number of hydrogen-bond acceptors (Lipinski definition) is 2. The van der Waals surface area contributed by atoms with Gasteiger partial charge in [-0.3, -0.25) is 0 Å². The zero-order valence-electron chi connectivity index (χ0n) is 10.2. The molecule has 0 spiro atoms. The Morgan fingerprint density at radius 2 is 2.12 bits per heavy atom. The summed E-state index contributed by atoms with van der Waals surface area (Å²) in [5.74, 6) is 0. The first-order chi connectivity index (χ1) is 8.38. The maximum absolute atomic E-state index is 5.59. The van der Waals surface area contributed by atoms with Crippen LogP contribution in [0.25, 0.3) is 6.08 Å². The van der Waals surface area contributed by atoms with E-state index in [4.69, 9.17) is 4.74 Å². The van der Waals surface area contributed by atoms with E-state index in [2.05, 4.69) is 34.7 Å². The first-order valence-electron chi connectivity index (χ1n) is 5.99. The van der Waals surface area contributed by atoms with Crippen LogP contribution in [0.2, 0.25) is 0 Å². The van der Waals surface area contributed by atoms with E-state index in [0.717, 1.165) is 26.1 Å². The Hall–Kier alpha value is -0.592. The summed E-state index contributed by atoms with van der Waals surface area (Å²) < 4.78 is 9.54. The van der Waals surface area contributed by atoms with E-state index >= 15 is 0 Å². The van der Waals surface area contributed by atoms with E-state index in [1.807, 2.05) is 31.9 Å². The average Bonchev–Trinajstić information content (AvgIpc) is 2.37. The van der Waals surface area contributed by atoms with Crippen molar-refractivity contribution in [1.29, 1.82) is 0 Å². The van der Waals surface area contributed by atoms with Crippen molar-refractivity contribution >= 4 is 6.08 Å². The van der Waals surface area contributed by atoms with Crippen LogP contribution < -0.4 is 0 Å². The van der Waals surface area contributed by atoms with Crippen LogP contribution in [0, 0.1) is 0 Å². The van der Waals surface area contributed by atoms with Crippen LogP contribution in [0.1, 0.15) is 30.9 Å². The third kappa shape index (κ3) is 6.04. The number of benzene rings is 1. The zero-order chi connectivity index (χ0) is 12.3. The molecule has 0 unspecified atom stereocenters. The topological polar surface area (TPSA) is 21.6 Å². The second-order valence-electron chi connectivity index (χ2n) is 3.81. The van der Waals surface area contributed by atoms with Crippen LogP contribution in [0.15, 0.2) is 34.0 Å². The summed E-state index contributed by atoms with van der Waals surface area (Å²) in [5, 5.41) is 0. The SMILES string of the molecule is CCCCOCCc1ccccc1/C=C/[N]=[Pt]. The van der Waals surface area contributed by atoms with Gasteiger partial charge in [0.2, 0.25) is 0 Å². The monoisotopic (exact) mass is 412 g/mol. The molecule has 96 valence electrons. The van der Waals surface area contributed by atoms with E-state index < -0.39 is 0 Å². The van der Waals surface area contributed by atoms with Gasteiger partial charge >= 0.3 is 115 Å². The fourth-order valence-corrected chi connectivity index (χ4v) is 1.73.